The molecule has 0 saturated heterocycles. The number of aliphatic hydroxyl groups excluding tert-OH is 1. The molecule has 0 spiro atoms. The molecule has 90 valence electrons. The zero-order valence-corrected chi connectivity index (χ0v) is 10.3. The second-order valence-corrected chi connectivity index (χ2v) is 4.01. The van der Waals surface area contributed by atoms with Crippen molar-refractivity contribution in [3.05, 3.63) is 34.3 Å². The second-order valence-electron chi connectivity index (χ2n) is 3.61. The summed E-state index contributed by atoms with van der Waals surface area (Å²) in [7, 11) is 0. The van der Waals surface area contributed by atoms with E-state index in [0.29, 0.717) is 13.2 Å². The number of rotatable bonds is 7. The zero-order valence-electron chi connectivity index (χ0n) is 9.50. The zero-order chi connectivity index (χ0) is 11.8. The van der Waals surface area contributed by atoms with Gasteiger partial charge in [0.25, 0.3) is 0 Å². The van der Waals surface area contributed by atoms with Crippen LogP contribution in [0, 0.1) is 6.92 Å². The van der Waals surface area contributed by atoms with Gasteiger partial charge in [0.05, 0.1) is 19.8 Å². The first-order valence-electron chi connectivity index (χ1n) is 5.38. The highest BCUT2D eigenvalue weighted by atomic mass is 35.5. The number of ether oxygens (including phenoxy) is 1. The summed E-state index contributed by atoms with van der Waals surface area (Å²) < 4.78 is 5.12. The van der Waals surface area contributed by atoms with Crippen LogP contribution in [-0.2, 0) is 11.3 Å². The van der Waals surface area contributed by atoms with Crippen molar-refractivity contribution >= 4 is 11.6 Å². The second kappa shape index (κ2) is 7.63. The van der Waals surface area contributed by atoms with Crippen molar-refractivity contribution in [2.45, 2.75) is 13.5 Å². The summed E-state index contributed by atoms with van der Waals surface area (Å²) in [6.45, 7) is 4.58. The van der Waals surface area contributed by atoms with Crippen LogP contribution in [-0.4, -0.2) is 31.5 Å². The van der Waals surface area contributed by atoms with Crippen LogP contribution in [0.3, 0.4) is 0 Å². The van der Waals surface area contributed by atoms with Gasteiger partial charge in [0.2, 0.25) is 0 Å². The van der Waals surface area contributed by atoms with Crippen molar-refractivity contribution in [1.29, 1.82) is 0 Å². The number of hydrogen-bond acceptors (Lipinski definition) is 3. The molecule has 0 radical (unpaired) electrons. The minimum atomic E-state index is 0.0732. The topological polar surface area (TPSA) is 41.5 Å². The van der Waals surface area contributed by atoms with Crippen LogP contribution in [0.4, 0.5) is 0 Å². The average Bonchev–Trinajstić information content (AvgIpc) is 2.26. The first-order valence-corrected chi connectivity index (χ1v) is 5.76. The Morgan fingerprint density at radius 3 is 2.88 bits per heavy atom. The lowest BCUT2D eigenvalue weighted by Crippen LogP contribution is -2.20. The Morgan fingerprint density at radius 1 is 1.38 bits per heavy atom. The molecule has 1 aromatic carbocycles. The van der Waals surface area contributed by atoms with Gasteiger partial charge in [-0.25, -0.2) is 0 Å². The van der Waals surface area contributed by atoms with E-state index in [0.717, 1.165) is 23.7 Å². The lowest BCUT2D eigenvalue weighted by atomic mass is 10.1. The van der Waals surface area contributed by atoms with Crippen molar-refractivity contribution in [2.24, 2.45) is 0 Å². The van der Waals surface area contributed by atoms with Gasteiger partial charge in [-0.15, -0.1) is 0 Å². The van der Waals surface area contributed by atoms with Crippen LogP contribution in [0.15, 0.2) is 18.2 Å². The molecule has 0 saturated carbocycles. The summed E-state index contributed by atoms with van der Waals surface area (Å²) in [6.07, 6.45) is 0. The summed E-state index contributed by atoms with van der Waals surface area (Å²) >= 11 is 6.09. The fourth-order valence-corrected chi connectivity index (χ4v) is 1.63. The smallest absolute Gasteiger partial charge is 0.0698 e. The molecule has 1 aromatic rings. The average molecular weight is 244 g/mol. The summed E-state index contributed by atoms with van der Waals surface area (Å²) in [6, 6.07) is 6.03. The first kappa shape index (κ1) is 13.5. The van der Waals surface area contributed by atoms with E-state index < -0.39 is 0 Å². The molecule has 1 rings (SSSR count). The van der Waals surface area contributed by atoms with E-state index in [1.54, 1.807) is 0 Å². The minimum absolute atomic E-state index is 0.0732. The van der Waals surface area contributed by atoms with Crippen LogP contribution in [0.2, 0.25) is 5.02 Å². The van der Waals surface area contributed by atoms with E-state index in [1.165, 1.54) is 5.56 Å². The van der Waals surface area contributed by atoms with E-state index in [4.69, 9.17) is 21.4 Å². The van der Waals surface area contributed by atoms with Crippen LogP contribution in [0.25, 0.3) is 0 Å². The molecule has 0 fully saturated rings. The molecule has 0 amide bonds. The molecule has 2 N–H and O–H groups in total. The molecule has 0 unspecified atom stereocenters. The van der Waals surface area contributed by atoms with E-state index in [9.17, 15) is 0 Å². The largest absolute Gasteiger partial charge is 0.394 e. The first-order chi connectivity index (χ1) is 7.74. The molecule has 0 aliphatic heterocycles. The van der Waals surface area contributed by atoms with Gasteiger partial charge in [0.1, 0.15) is 0 Å². The van der Waals surface area contributed by atoms with E-state index in [2.05, 4.69) is 5.32 Å². The van der Waals surface area contributed by atoms with Crippen molar-refractivity contribution in [3.63, 3.8) is 0 Å². The molecule has 0 aromatic heterocycles. The maximum atomic E-state index is 8.50. The van der Waals surface area contributed by atoms with Crippen molar-refractivity contribution < 1.29 is 9.84 Å². The third-order valence-corrected chi connectivity index (χ3v) is 2.53. The van der Waals surface area contributed by atoms with Gasteiger partial charge in [-0.2, -0.15) is 0 Å². The van der Waals surface area contributed by atoms with E-state index in [-0.39, 0.29) is 6.61 Å². The summed E-state index contributed by atoms with van der Waals surface area (Å²) in [5.74, 6) is 0. The van der Waals surface area contributed by atoms with Crippen molar-refractivity contribution in [2.75, 3.05) is 26.4 Å². The molecule has 4 heteroatoms. The number of nitrogens with one attached hydrogen (secondary N) is 1. The lowest BCUT2D eigenvalue weighted by molar-refractivity contribution is 0.0938. The Morgan fingerprint density at radius 2 is 2.19 bits per heavy atom. The van der Waals surface area contributed by atoms with Gasteiger partial charge in [0.15, 0.2) is 0 Å². The number of halogens is 1. The van der Waals surface area contributed by atoms with Crippen LogP contribution >= 0.6 is 11.6 Å². The number of benzene rings is 1. The Kier molecular flexibility index (Phi) is 6.42. The van der Waals surface area contributed by atoms with Crippen LogP contribution < -0.4 is 5.32 Å². The van der Waals surface area contributed by atoms with Crippen molar-refractivity contribution in [3.8, 4) is 0 Å². The van der Waals surface area contributed by atoms with Gasteiger partial charge >= 0.3 is 0 Å². The van der Waals surface area contributed by atoms with Crippen molar-refractivity contribution in [1.82, 2.24) is 5.32 Å². The Hall–Kier alpha value is -0.610. The quantitative estimate of drug-likeness (QED) is 0.717. The van der Waals surface area contributed by atoms with Gasteiger partial charge in [-0.1, -0.05) is 23.7 Å². The molecule has 16 heavy (non-hydrogen) atoms. The Balaban J connectivity index is 2.21. The van der Waals surface area contributed by atoms with Crippen LogP contribution in [0.5, 0.6) is 0 Å². The third-order valence-electron chi connectivity index (χ3n) is 2.18. The highest BCUT2D eigenvalue weighted by molar-refractivity contribution is 6.31. The monoisotopic (exact) mass is 243 g/mol. The highest BCUT2D eigenvalue weighted by Gasteiger charge is 1.99. The molecule has 0 bridgehead atoms. The summed E-state index contributed by atoms with van der Waals surface area (Å²) in [5, 5.41) is 12.5. The lowest BCUT2D eigenvalue weighted by Gasteiger charge is -2.07. The SMILES string of the molecule is Cc1ccc(CNCCOCCO)c(Cl)c1. The van der Waals surface area contributed by atoms with Crippen LogP contribution in [0.1, 0.15) is 11.1 Å². The number of aliphatic hydroxyl groups is 1. The predicted molar refractivity (Wildman–Crippen MR) is 65.8 cm³/mol. The molecule has 0 heterocycles. The van der Waals surface area contributed by atoms with Gasteiger partial charge in [0, 0.05) is 18.1 Å². The number of aryl methyl sites for hydroxylation is 1. The fourth-order valence-electron chi connectivity index (χ4n) is 1.33. The standard InChI is InChI=1S/C12H18ClNO2/c1-10-2-3-11(12(13)8-10)9-14-4-6-16-7-5-15/h2-3,8,14-15H,4-7,9H2,1H3. The minimum Gasteiger partial charge on any atom is -0.394 e. The molecular weight excluding hydrogens is 226 g/mol. The third kappa shape index (κ3) is 4.94. The van der Waals surface area contributed by atoms with Gasteiger partial charge in [-0.05, 0) is 24.1 Å². The summed E-state index contributed by atoms with van der Waals surface area (Å²) in [4.78, 5) is 0. The predicted octanol–water partition coefficient (Wildman–Crippen LogP) is 1.75. The Bertz CT molecular complexity index is 318. The van der Waals surface area contributed by atoms with E-state index in [1.807, 2.05) is 25.1 Å². The van der Waals surface area contributed by atoms with E-state index >= 15 is 0 Å². The molecule has 0 atom stereocenters. The Labute approximate surface area is 101 Å². The van der Waals surface area contributed by atoms with Gasteiger partial charge in [-0.3, -0.25) is 0 Å². The normalized spacial score (nSPS) is 10.7. The van der Waals surface area contributed by atoms with Gasteiger partial charge < -0.3 is 15.2 Å². The fraction of sp³-hybridized carbons (Fsp3) is 0.500. The molecule has 3 nitrogen and oxygen atoms in total. The maximum absolute atomic E-state index is 8.50. The molecule has 0 aliphatic rings. The molecular formula is C12H18ClNO2. The number of hydrogen-bond donors (Lipinski definition) is 2. The molecule has 0 aliphatic carbocycles. The maximum Gasteiger partial charge on any atom is 0.0698 e. The summed E-state index contributed by atoms with van der Waals surface area (Å²) in [5.41, 5.74) is 2.26. The highest BCUT2D eigenvalue weighted by Crippen LogP contribution is 2.16.